The van der Waals surface area contributed by atoms with Crippen LogP contribution in [0.3, 0.4) is 0 Å². The molecule has 0 aromatic carbocycles. The van der Waals surface area contributed by atoms with Gasteiger partial charge in [0.2, 0.25) is 0 Å². The minimum absolute atomic E-state index is 0.0739. The highest BCUT2D eigenvalue weighted by Gasteiger charge is 2.84. The van der Waals surface area contributed by atoms with Gasteiger partial charge in [-0.25, -0.2) is 0 Å². The van der Waals surface area contributed by atoms with E-state index in [4.69, 9.17) is 23.2 Å². The molecule has 0 N–H and O–H groups in total. The van der Waals surface area contributed by atoms with Crippen LogP contribution in [0.25, 0.3) is 0 Å². The van der Waals surface area contributed by atoms with E-state index >= 15 is 0 Å². The number of hydrogen-bond donors (Lipinski definition) is 0. The highest BCUT2D eigenvalue weighted by Crippen LogP contribution is 2.74. The lowest BCUT2D eigenvalue weighted by molar-refractivity contribution is -0.258. The Kier molecular flexibility index (Phi) is 3.36. The molecule has 4 rings (SSSR count). The van der Waals surface area contributed by atoms with E-state index in [9.17, 15) is 26.3 Å². The van der Waals surface area contributed by atoms with E-state index in [1.807, 2.05) is 0 Å². The number of thioether (sulfide) groups is 2. The van der Waals surface area contributed by atoms with Gasteiger partial charge in [-0.05, 0) is 37.1 Å². The molecule has 0 unspecified atom stereocenters. The van der Waals surface area contributed by atoms with E-state index in [-0.39, 0.29) is 19.9 Å². The van der Waals surface area contributed by atoms with Crippen molar-refractivity contribution in [1.82, 2.24) is 0 Å². The normalized spacial score (nSPS) is 39.9. The van der Waals surface area contributed by atoms with Crippen molar-refractivity contribution in [1.29, 1.82) is 0 Å². The van der Waals surface area contributed by atoms with E-state index in [0.29, 0.717) is 0 Å². The number of allylic oxidation sites excluding steroid dienone is 4. The Morgan fingerprint density at radius 2 is 1.04 bits per heavy atom. The Morgan fingerprint density at radius 3 is 1.36 bits per heavy atom. The van der Waals surface area contributed by atoms with Crippen LogP contribution in [0.2, 0.25) is 0 Å². The maximum absolute atomic E-state index is 14.5. The zero-order valence-corrected chi connectivity index (χ0v) is 15.6. The highest BCUT2D eigenvalue weighted by molar-refractivity contribution is 8.10. The molecule has 1 saturated carbocycles. The summed E-state index contributed by atoms with van der Waals surface area (Å²) < 4.78 is 83.8. The van der Waals surface area contributed by atoms with E-state index < -0.39 is 38.4 Å². The average molecular weight is 437 g/mol. The minimum atomic E-state index is -5.54. The zero-order chi connectivity index (χ0) is 18.8. The standard InChI is InChI=1S/C15H8Cl2F6S2/c1-11-5(3-7(16)24-11)9-10(6-4-8(17)25-12(6,11)2)14(20,21)15(22,23)13(9,18)19/h3-4H,1-2H3/t11-,12-/m1/s1. The monoisotopic (exact) mass is 436 g/mol. The molecular formula is C15H8Cl2F6S2. The lowest BCUT2D eigenvalue weighted by Gasteiger charge is -2.46. The number of rotatable bonds is 0. The van der Waals surface area contributed by atoms with Crippen LogP contribution >= 0.6 is 46.7 Å². The van der Waals surface area contributed by atoms with Gasteiger partial charge in [-0.1, -0.05) is 23.2 Å². The second-order valence-electron chi connectivity index (χ2n) is 6.47. The average Bonchev–Trinajstić information content (AvgIpc) is 2.95. The third-order valence-electron chi connectivity index (χ3n) is 5.26. The van der Waals surface area contributed by atoms with Gasteiger partial charge < -0.3 is 0 Å². The van der Waals surface area contributed by atoms with Crippen molar-refractivity contribution in [2.45, 2.75) is 41.1 Å². The molecule has 0 aromatic rings. The number of halogens is 8. The van der Waals surface area contributed by atoms with Gasteiger partial charge in [0.15, 0.2) is 0 Å². The fourth-order valence-corrected chi connectivity index (χ4v) is 7.50. The molecule has 0 amide bonds. The van der Waals surface area contributed by atoms with Crippen LogP contribution in [0.15, 0.2) is 43.2 Å². The summed E-state index contributed by atoms with van der Waals surface area (Å²) in [5.41, 5.74) is -3.25. The summed E-state index contributed by atoms with van der Waals surface area (Å²) in [5, 5.41) is 0. The molecule has 0 aromatic heterocycles. The van der Waals surface area contributed by atoms with Crippen LogP contribution in [-0.2, 0) is 0 Å². The molecule has 2 heterocycles. The lowest BCUT2D eigenvalue weighted by atomic mass is 9.71. The van der Waals surface area contributed by atoms with E-state index in [0.717, 1.165) is 35.7 Å². The van der Waals surface area contributed by atoms with Crippen molar-refractivity contribution in [2.75, 3.05) is 0 Å². The molecule has 0 spiro atoms. The molecule has 0 saturated heterocycles. The summed E-state index contributed by atoms with van der Waals surface area (Å²) in [7, 11) is 0. The summed E-state index contributed by atoms with van der Waals surface area (Å²) in [6.07, 6.45) is 2.17. The van der Waals surface area contributed by atoms with E-state index in [2.05, 4.69) is 0 Å². The fraction of sp³-hybridized carbons (Fsp3) is 0.467. The Hall–Kier alpha value is -0.180. The molecule has 25 heavy (non-hydrogen) atoms. The second kappa shape index (κ2) is 4.62. The minimum Gasteiger partial charge on any atom is -0.194 e. The van der Waals surface area contributed by atoms with Gasteiger partial charge in [0.05, 0.1) is 18.2 Å². The number of hydrogen-bond acceptors (Lipinski definition) is 2. The van der Waals surface area contributed by atoms with Gasteiger partial charge in [0.1, 0.15) is 0 Å². The van der Waals surface area contributed by atoms with Gasteiger partial charge in [-0.3, -0.25) is 0 Å². The molecule has 4 aliphatic rings. The van der Waals surface area contributed by atoms with E-state index in [1.165, 1.54) is 13.8 Å². The fourth-order valence-electron chi connectivity index (χ4n) is 3.82. The van der Waals surface area contributed by atoms with Crippen molar-refractivity contribution >= 4 is 46.7 Å². The lowest BCUT2D eigenvalue weighted by Crippen LogP contribution is -2.48. The maximum atomic E-state index is 14.5. The van der Waals surface area contributed by atoms with Crippen molar-refractivity contribution in [2.24, 2.45) is 0 Å². The van der Waals surface area contributed by atoms with Crippen LogP contribution in [-0.4, -0.2) is 27.3 Å². The molecular weight excluding hydrogens is 429 g/mol. The molecule has 136 valence electrons. The smallest absolute Gasteiger partial charge is 0.194 e. The topological polar surface area (TPSA) is 0 Å². The first-order chi connectivity index (χ1) is 11.2. The van der Waals surface area contributed by atoms with Crippen LogP contribution in [0.1, 0.15) is 13.8 Å². The first kappa shape index (κ1) is 18.2. The summed E-state index contributed by atoms with van der Waals surface area (Å²) in [5.74, 6) is -15.6. The number of fused-ring (bicyclic) bond motifs is 4. The SMILES string of the molecule is C[C@@]12SC(Cl)=CC1=C1C(=C3C=C(Cl)S[C@]32C)C(F)(F)C(F)(F)C1(F)F. The number of alkyl halides is 6. The first-order valence-corrected chi connectivity index (χ1v) is 9.37. The zero-order valence-electron chi connectivity index (χ0n) is 12.5. The maximum Gasteiger partial charge on any atom is 0.380 e. The summed E-state index contributed by atoms with van der Waals surface area (Å²) >= 11 is 13.9. The van der Waals surface area contributed by atoms with Gasteiger partial charge in [0, 0.05) is 11.1 Å². The molecule has 2 aliphatic heterocycles. The summed E-state index contributed by atoms with van der Waals surface area (Å²) in [6, 6.07) is 0. The largest absolute Gasteiger partial charge is 0.380 e. The van der Waals surface area contributed by atoms with Gasteiger partial charge in [-0.2, -0.15) is 26.3 Å². The predicted octanol–water partition coefficient (Wildman–Crippen LogP) is 6.68. The third kappa shape index (κ3) is 1.74. The van der Waals surface area contributed by atoms with Crippen molar-refractivity contribution in [3.05, 3.63) is 43.2 Å². The molecule has 2 aliphatic carbocycles. The summed E-state index contributed by atoms with van der Waals surface area (Å²) in [6.45, 7) is 3.06. The first-order valence-electron chi connectivity index (χ1n) is 6.98. The van der Waals surface area contributed by atoms with Crippen LogP contribution < -0.4 is 0 Å². The van der Waals surface area contributed by atoms with Crippen LogP contribution in [0.5, 0.6) is 0 Å². The Balaban J connectivity index is 2.20. The molecule has 2 atom stereocenters. The quantitative estimate of drug-likeness (QED) is 0.388. The molecule has 10 heteroatoms. The van der Waals surface area contributed by atoms with Crippen LogP contribution in [0, 0.1) is 0 Å². The van der Waals surface area contributed by atoms with Crippen LogP contribution in [0.4, 0.5) is 26.3 Å². The summed E-state index contributed by atoms with van der Waals surface area (Å²) in [4.78, 5) is 0. The highest BCUT2D eigenvalue weighted by atomic mass is 35.5. The Morgan fingerprint density at radius 1 is 0.720 bits per heavy atom. The Labute approximate surface area is 157 Å². The van der Waals surface area contributed by atoms with Gasteiger partial charge in [0.25, 0.3) is 0 Å². The Bertz CT molecular complexity index is 788. The van der Waals surface area contributed by atoms with Crippen molar-refractivity contribution in [3.8, 4) is 0 Å². The second-order valence-corrected chi connectivity index (χ2v) is 10.7. The molecule has 0 bridgehead atoms. The van der Waals surface area contributed by atoms with Crippen molar-refractivity contribution in [3.63, 3.8) is 0 Å². The van der Waals surface area contributed by atoms with E-state index in [1.54, 1.807) is 0 Å². The third-order valence-corrected chi connectivity index (χ3v) is 8.77. The predicted molar refractivity (Wildman–Crippen MR) is 88.8 cm³/mol. The molecule has 0 nitrogen and oxygen atoms in total. The van der Waals surface area contributed by atoms with Gasteiger partial charge >= 0.3 is 17.8 Å². The van der Waals surface area contributed by atoms with Crippen molar-refractivity contribution < 1.29 is 26.3 Å². The molecule has 1 fully saturated rings. The van der Waals surface area contributed by atoms with Gasteiger partial charge in [-0.15, -0.1) is 23.5 Å². The molecule has 0 radical (unpaired) electrons.